The van der Waals surface area contributed by atoms with Crippen LogP contribution in [0.4, 0.5) is 0 Å². The van der Waals surface area contributed by atoms with Gasteiger partial charge in [0.15, 0.2) is 12.5 Å². The van der Waals surface area contributed by atoms with Gasteiger partial charge in [-0.15, -0.1) is 0 Å². The van der Waals surface area contributed by atoms with Crippen LogP contribution in [0.25, 0.3) is 6.08 Å². The SMILES string of the molecule is C.C/C=C/c1ccccc1C.N.O=S. The van der Waals surface area contributed by atoms with Gasteiger partial charge in [0.25, 0.3) is 0 Å². The maximum absolute atomic E-state index is 7.83. The third kappa shape index (κ3) is 6.46. The molecule has 0 atom stereocenters. The fourth-order valence-electron chi connectivity index (χ4n) is 0.953. The van der Waals surface area contributed by atoms with Gasteiger partial charge in [-0.3, -0.25) is 0 Å². The molecular formula is C11H19NOS. The van der Waals surface area contributed by atoms with E-state index >= 15 is 0 Å². The molecule has 0 bridgehead atoms. The Morgan fingerprint density at radius 1 is 1.21 bits per heavy atom. The van der Waals surface area contributed by atoms with E-state index in [1.807, 2.05) is 6.92 Å². The van der Waals surface area contributed by atoms with E-state index in [4.69, 9.17) is 4.21 Å². The van der Waals surface area contributed by atoms with E-state index in [9.17, 15) is 0 Å². The van der Waals surface area contributed by atoms with Gasteiger partial charge >= 0.3 is 0 Å². The van der Waals surface area contributed by atoms with Crippen LogP contribution in [0, 0.1) is 6.92 Å². The number of hydrogen-bond acceptors (Lipinski definition) is 3. The molecule has 0 radical (unpaired) electrons. The minimum Gasteiger partial charge on any atom is -0.344 e. The largest absolute Gasteiger partial charge is 0.344 e. The lowest BCUT2D eigenvalue weighted by Gasteiger charge is -1.96. The van der Waals surface area contributed by atoms with Crippen LogP contribution in [-0.2, 0) is 12.5 Å². The van der Waals surface area contributed by atoms with Gasteiger partial charge in [0.1, 0.15) is 0 Å². The predicted molar refractivity (Wildman–Crippen MR) is 65.8 cm³/mol. The molecule has 3 N–H and O–H groups in total. The Bertz CT molecular complexity index is 261. The maximum atomic E-state index is 7.83. The number of benzene rings is 1. The van der Waals surface area contributed by atoms with Crippen molar-refractivity contribution in [2.45, 2.75) is 21.3 Å². The summed E-state index contributed by atoms with van der Waals surface area (Å²) in [5.74, 6) is 0. The van der Waals surface area contributed by atoms with E-state index in [0.717, 1.165) is 0 Å². The van der Waals surface area contributed by atoms with Crippen LogP contribution in [0.1, 0.15) is 25.5 Å². The molecule has 0 saturated carbocycles. The summed E-state index contributed by atoms with van der Waals surface area (Å²) in [6, 6.07) is 8.36. The molecule has 1 aromatic rings. The molecule has 0 saturated heterocycles. The van der Waals surface area contributed by atoms with Gasteiger partial charge in [-0.1, -0.05) is 43.8 Å². The van der Waals surface area contributed by atoms with Crippen molar-refractivity contribution < 1.29 is 4.21 Å². The minimum atomic E-state index is 0. The monoisotopic (exact) mass is 213 g/mol. The normalized spacial score (nSPS) is 7.86. The molecule has 0 spiro atoms. The van der Waals surface area contributed by atoms with Crippen molar-refractivity contribution in [2.75, 3.05) is 0 Å². The van der Waals surface area contributed by atoms with Gasteiger partial charge in [-0.2, -0.15) is 4.21 Å². The topological polar surface area (TPSA) is 52.1 Å². The fraction of sp³-hybridized carbons (Fsp3) is 0.273. The number of allylic oxidation sites excluding steroid dienone is 1. The lowest BCUT2D eigenvalue weighted by atomic mass is 10.1. The van der Waals surface area contributed by atoms with Crippen molar-refractivity contribution in [2.24, 2.45) is 0 Å². The van der Waals surface area contributed by atoms with E-state index < -0.39 is 0 Å². The Morgan fingerprint density at radius 3 is 2.14 bits per heavy atom. The number of aryl methyl sites for hydroxylation is 1. The molecule has 1 rings (SSSR count). The summed E-state index contributed by atoms with van der Waals surface area (Å²) in [5.41, 5.74) is 2.64. The Labute approximate surface area is 92.2 Å². The minimum absolute atomic E-state index is 0. The molecule has 0 aliphatic carbocycles. The van der Waals surface area contributed by atoms with E-state index in [0.29, 0.717) is 0 Å². The Morgan fingerprint density at radius 2 is 1.71 bits per heavy atom. The first-order chi connectivity index (χ1) is 5.84. The van der Waals surface area contributed by atoms with Crippen LogP contribution in [-0.4, -0.2) is 4.21 Å². The highest BCUT2D eigenvalue weighted by molar-refractivity contribution is 7.44. The van der Waals surface area contributed by atoms with Gasteiger partial charge in [0.05, 0.1) is 0 Å². The zero-order valence-corrected chi connectivity index (χ0v) is 8.80. The molecule has 2 nitrogen and oxygen atoms in total. The van der Waals surface area contributed by atoms with Gasteiger partial charge < -0.3 is 6.15 Å². The second kappa shape index (κ2) is 11.9. The van der Waals surface area contributed by atoms with E-state index in [1.54, 1.807) is 0 Å². The summed E-state index contributed by atoms with van der Waals surface area (Å²) in [7, 11) is 0. The molecule has 14 heavy (non-hydrogen) atoms. The number of rotatable bonds is 1. The first kappa shape index (κ1) is 18.7. The van der Waals surface area contributed by atoms with E-state index in [-0.39, 0.29) is 13.6 Å². The van der Waals surface area contributed by atoms with Crippen molar-refractivity contribution in [3.63, 3.8) is 0 Å². The number of hydrogen-bond donors (Lipinski definition) is 1. The lowest BCUT2D eigenvalue weighted by molar-refractivity contribution is 0.702. The molecule has 0 heterocycles. The lowest BCUT2D eigenvalue weighted by Crippen LogP contribution is -1.76. The van der Waals surface area contributed by atoms with Gasteiger partial charge in [0.2, 0.25) is 0 Å². The summed E-state index contributed by atoms with van der Waals surface area (Å²) >= 11 is 2.83. The molecule has 0 aromatic heterocycles. The molecule has 0 unspecified atom stereocenters. The van der Waals surface area contributed by atoms with Crippen LogP contribution in [0.15, 0.2) is 30.3 Å². The van der Waals surface area contributed by atoms with Crippen molar-refractivity contribution >= 4 is 18.6 Å². The summed E-state index contributed by atoms with van der Waals surface area (Å²) in [6.45, 7) is 4.15. The highest BCUT2D eigenvalue weighted by Gasteiger charge is 1.87. The molecule has 80 valence electrons. The highest BCUT2D eigenvalue weighted by Crippen LogP contribution is 2.07. The van der Waals surface area contributed by atoms with Crippen LogP contribution in [0.3, 0.4) is 0 Å². The van der Waals surface area contributed by atoms with Crippen LogP contribution in [0.5, 0.6) is 0 Å². The summed E-state index contributed by atoms with van der Waals surface area (Å²) in [4.78, 5) is 0. The Kier molecular flexibility index (Phi) is 15.9. The van der Waals surface area contributed by atoms with Gasteiger partial charge in [-0.05, 0) is 25.0 Å². The third-order valence-corrected chi connectivity index (χ3v) is 1.53. The maximum Gasteiger partial charge on any atom is 0.197 e. The quantitative estimate of drug-likeness (QED) is 0.777. The highest BCUT2D eigenvalue weighted by atomic mass is 32.1. The molecule has 1 aromatic carbocycles. The average molecular weight is 213 g/mol. The van der Waals surface area contributed by atoms with Crippen LogP contribution >= 0.6 is 0 Å². The molecule has 0 amide bonds. The predicted octanol–water partition coefficient (Wildman–Crippen LogP) is 3.49. The van der Waals surface area contributed by atoms with Crippen molar-refractivity contribution in [3.8, 4) is 0 Å². The fourth-order valence-corrected chi connectivity index (χ4v) is 0.953. The Balaban J connectivity index is -0.000000284. The van der Waals surface area contributed by atoms with E-state index in [2.05, 4.69) is 55.9 Å². The van der Waals surface area contributed by atoms with Crippen LogP contribution in [0.2, 0.25) is 0 Å². The second-order valence-electron chi connectivity index (χ2n) is 2.36. The summed E-state index contributed by atoms with van der Waals surface area (Å²) < 4.78 is 7.83. The average Bonchev–Trinajstić information content (AvgIpc) is 2.13. The first-order valence-corrected chi connectivity index (χ1v) is 4.03. The zero-order chi connectivity index (χ0) is 9.40. The third-order valence-electron chi connectivity index (χ3n) is 1.53. The zero-order valence-electron chi connectivity index (χ0n) is 7.99. The summed E-state index contributed by atoms with van der Waals surface area (Å²) in [6.07, 6.45) is 4.18. The van der Waals surface area contributed by atoms with Gasteiger partial charge in [0, 0.05) is 0 Å². The molecule has 0 fully saturated rings. The molecule has 3 heteroatoms. The van der Waals surface area contributed by atoms with Gasteiger partial charge in [-0.25, -0.2) is 0 Å². The van der Waals surface area contributed by atoms with E-state index in [1.165, 1.54) is 11.1 Å². The molecular weight excluding hydrogens is 194 g/mol. The van der Waals surface area contributed by atoms with Crippen molar-refractivity contribution in [3.05, 3.63) is 41.5 Å². The smallest absolute Gasteiger partial charge is 0.197 e. The molecule has 0 aliphatic heterocycles. The second-order valence-corrected chi connectivity index (χ2v) is 2.36. The Hall–Kier alpha value is -1.06. The standard InChI is InChI=1S/C10H12.CH4.H3N.OS/c1-3-6-10-8-5-4-7-9(10)2;;;1-2/h3-8H,1-2H3;1H4;1H3;/b6-3+;;;. The van der Waals surface area contributed by atoms with Crippen molar-refractivity contribution in [1.82, 2.24) is 6.15 Å². The van der Waals surface area contributed by atoms with Crippen molar-refractivity contribution in [1.29, 1.82) is 0 Å². The first-order valence-electron chi connectivity index (χ1n) is 3.69. The van der Waals surface area contributed by atoms with Crippen LogP contribution < -0.4 is 6.15 Å². The molecule has 0 aliphatic rings. The summed E-state index contributed by atoms with van der Waals surface area (Å²) in [5, 5.41) is 0.